The lowest BCUT2D eigenvalue weighted by molar-refractivity contribution is 0.302. The number of thiocarbonyl (C=S) groups is 1. The first-order chi connectivity index (χ1) is 8.50. The fourth-order valence-corrected chi connectivity index (χ4v) is 2.87. The van der Waals surface area contributed by atoms with E-state index < -0.39 is 0 Å². The Labute approximate surface area is 122 Å². The number of nitrogens with two attached hydrogens (primary N) is 1. The van der Waals surface area contributed by atoms with Crippen LogP contribution in [0.3, 0.4) is 0 Å². The highest BCUT2D eigenvalue weighted by atomic mass is 32.1. The maximum absolute atomic E-state index is 5.82. The average Bonchev–Trinajstić information content (AvgIpc) is 2.16. The molecule has 1 aromatic carbocycles. The third-order valence-corrected chi connectivity index (χ3v) is 3.11. The first-order valence-corrected chi connectivity index (χ1v) is 7.10. The maximum Gasteiger partial charge on any atom is 0.106 e. The summed E-state index contributed by atoms with van der Waals surface area (Å²) in [5, 5.41) is 3.58. The highest BCUT2D eigenvalue weighted by Crippen LogP contribution is 2.31. The van der Waals surface area contributed by atoms with E-state index in [0.29, 0.717) is 4.99 Å². The van der Waals surface area contributed by atoms with Crippen LogP contribution >= 0.6 is 12.2 Å². The zero-order valence-electron chi connectivity index (χ0n) is 12.9. The third-order valence-electron chi connectivity index (χ3n) is 2.89. The van der Waals surface area contributed by atoms with E-state index in [-0.39, 0.29) is 11.0 Å². The second kappa shape index (κ2) is 5.49. The largest absolute Gasteiger partial charge is 0.389 e. The summed E-state index contributed by atoms with van der Waals surface area (Å²) >= 11 is 5.15. The number of aryl methyl sites for hydroxylation is 1. The fourth-order valence-electron chi connectivity index (χ4n) is 2.71. The van der Waals surface area contributed by atoms with Gasteiger partial charge in [0, 0.05) is 16.8 Å². The van der Waals surface area contributed by atoms with E-state index >= 15 is 0 Å². The Bertz CT molecular complexity index is 470. The lowest BCUT2D eigenvalue weighted by Crippen LogP contribution is -2.36. The van der Waals surface area contributed by atoms with Gasteiger partial charge in [-0.25, -0.2) is 0 Å². The Morgan fingerprint density at radius 1 is 1.21 bits per heavy atom. The first kappa shape index (κ1) is 16.0. The molecule has 3 N–H and O–H groups in total. The summed E-state index contributed by atoms with van der Waals surface area (Å²) < 4.78 is 0. The summed E-state index contributed by atoms with van der Waals surface area (Å²) in [7, 11) is 0. The number of nitrogens with one attached hydrogen (secondary N) is 1. The summed E-state index contributed by atoms with van der Waals surface area (Å²) in [5.41, 5.74) is 9.20. The molecule has 0 saturated carbocycles. The molecule has 0 heterocycles. The van der Waals surface area contributed by atoms with E-state index in [0.717, 1.165) is 17.7 Å². The van der Waals surface area contributed by atoms with E-state index in [1.54, 1.807) is 0 Å². The molecule has 1 rings (SSSR count). The van der Waals surface area contributed by atoms with E-state index in [9.17, 15) is 0 Å². The topological polar surface area (TPSA) is 38.0 Å². The van der Waals surface area contributed by atoms with Crippen molar-refractivity contribution in [2.24, 2.45) is 11.1 Å². The summed E-state index contributed by atoms with van der Waals surface area (Å²) in [6.07, 6.45) is 1.06. The van der Waals surface area contributed by atoms with Gasteiger partial charge in [-0.3, -0.25) is 0 Å². The molecule has 19 heavy (non-hydrogen) atoms. The van der Waals surface area contributed by atoms with Crippen LogP contribution in [0.15, 0.2) is 18.2 Å². The molecule has 0 aromatic heterocycles. The van der Waals surface area contributed by atoms with Gasteiger partial charge in [-0.1, -0.05) is 44.6 Å². The van der Waals surface area contributed by atoms with Crippen LogP contribution in [-0.4, -0.2) is 10.5 Å². The molecule has 0 amide bonds. The zero-order chi connectivity index (χ0) is 14.8. The summed E-state index contributed by atoms with van der Waals surface area (Å²) in [6.45, 7) is 13.2. The lowest BCUT2D eigenvalue weighted by atomic mass is 9.81. The van der Waals surface area contributed by atoms with E-state index in [1.165, 1.54) is 5.56 Å². The van der Waals surface area contributed by atoms with Crippen molar-refractivity contribution in [3.8, 4) is 0 Å². The Balaban J connectivity index is 3.02. The van der Waals surface area contributed by atoms with Gasteiger partial charge < -0.3 is 11.1 Å². The van der Waals surface area contributed by atoms with Crippen LogP contribution in [0.25, 0.3) is 0 Å². The van der Waals surface area contributed by atoms with E-state index in [4.69, 9.17) is 18.0 Å². The van der Waals surface area contributed by atoms with Gasteiger partial charge in [0.1, 0.15) is 4.99 Å². The molecule has 2 nitrogen and oxygen atoms in total. The van der Waals surface area contributed by atoms with Crippen molar-refractivity contribution >= 4 is 22.9 Å². The van der Waals surface area contributed by atoms with Crippen molar-refractivity contribution in [1.29, 1.82) is 0 Å². The number of rotatable bonds is 4. The average molecular weight is 278 g/mol. The molecule has 0 radical (unpaired) electrons. The standard InChI is InChI=1S/C16H26N2S/c1-11-7-8-13(12(9-11)14(17)19)18-16(5,6)10-15(2,3)4/h7-9,18H,10H2,1-6H3,(H2,17,19). The van der Waals surface area contributed by atoms with Crippen LogP contribution in [0.1, 0.15) is 52.2 Å². The molecule has 106 valence electrons. The molecule has 0 bridgehead atoms. The van der Waals surface area contributed by atoms with Crippen molar-refractivity contribution in [2.45, 2.75) is 53.5 Å². The van der Waals surface area contributed by atoms with Crippen LogP contribution in [0.4, 0.5) is 5.69 Å². The molecule has 0 unspecified atom stereocenters. The van der Waals surface area contributed by atoms with Gasteiger partial charge in [0.2, 0.25) is 0 Å². The monoisotopic (exact) mass is 278 g/mol. The predicted molar refractivity (Wildman–Crippen MR) is 88.8 cm³/mol. The number of anilines is 1. The molecule has 0 saturated heterocycles. The lowest BCUT2D eigenvalue weighted by Gasteiger charge is -2.35. The minimum absolute atomic E-state index is 0.00690. The van der Waals surface area contributed by atoms with Gasteiger partial charge in [-0.2, -0.15) is 0 Å². The molecular weight excluding hydrogens is 252 g/mol. The molecule has 0 fully saturated rings. The Kier molecular flexibility index (Phi) is 4.62. The Morgan fingerprint density at radius 3 is 2.26 bits per heavy atom. The van der Waals surface area contributed by atoms with E-state index in [2.05, 4.69) is 52.1 Å². The smallest absolute Gasteiger partial charge is 0.106 e. The maximum atomic E-state index is 5.82. The molecule has 0 aliphatic carbocycles. The molecule has 0 aliphatic heterocycles. The third kappa shape index (κ3) is 5.19. The fraction of sp³-hybridized carbons (Fsp3) is 0.562. The first-order valence-electron chi connectivity index (χ1n) is 6.69. The Hall–Kier alpha value is -1.09. The van der Waals surface area contributed by atoms with E-state index in [1.807, 2.05) is 13.0 Å². The van der Waals surface area contributed by atoms with Crippen LogP contribution in [0.2, 0.25) is 0 Å². The van der Waals surface area contributed by atoms with Crippen molar-refractivity contribution < 1.29 is 0 Å². The molecule has 0 aliphatic rings. The van der Waals surface area contributed by atoms with Gasteiger partial charge >= 0.3 is 0 Å². The highest BCUT2D eigenvalue weighted by Gasteiger charge is 2.26. The SMILES string of the molecule is Cc1ccc(NC(C)(C)CC(C)(C)C)c(C(N)=S)c1. The zero-order valence-corrected chi connectivity index (χ0v) is 13.7. The van der Waals surface area contributed by atoms with Crippen LogP contribution in [-0.2, 0) is 0 Å². The van der Waals surface area contributed by atoms with Crippen molar-refractivity contribution in [3.05, 3.63) is 29.3 Å². The summed E-state index contributed by atoms with van der Waals surface area (Å²) in [6, 6.07) is 6.18. The van der Waals surface area contributed by atoms with Crippen molar-refractivity contribution in [3.63, 3.8) is 0 Å². The predicted octanol–water partition coefficient (Wildman–Crippen LogP) is 4.26. The summed E-state index contributed by atoms with van der Waals surface area (Å²) in [4.78, 5) is 0.442. The summed E-state index contributed by atoms with van der Waals surface area (Å²) in [5.74, 6) is 0. The molecule has 1 aromatic rings. The van der Waals surface area contributed by atoms with Crippen LogP contribution in [0.5, 0.6) is 0 Å². The quantitative estimate of drug-likeness (QED) is 0.808. The van der Waals surface area contributed by atoms with Crippen LogP contribution in [0, 0.1) is 12.3 Å². The van der Waals surface area contributed by atoms with Gasteiger partial charge in [0.15, 0.2) is 0 Å². The minimum atomic E-state index is -0.00690. The number of benzene rings is 1. The molecular formula is C16H26N2S. The van der Waals surface area contributed by atoms with Gasteiger partial charge in [0.05, 0.1) is 0 Å². The highest BCUT2D eigenvalue weighted by molar-refractivity contribution is 7.80. The van der Waals surface area contributed by atoms with Crippen LogP contribution < -0.4 is 11.1 Å². The van der Waals surface area contributed by atoms with Crippen molar-refractivity contribution in [1.82, 2.24) is 0 Å². The molecule has 0 spiro atoms. The van der Waals surface area contributed by atoms with Gasteiger partial charge in [-0.05, 0) is 44.7 Å². The second-order valence-corrected chi connectivity index (χ2v) is 7.60. The van der Waals surface area contributed by atoms with Crippen molar-refractivity contribution in [2.75, 3.05) is 5.32 Å². The molecule has 0 atom stereocenters. The minimum Gasteiger partial charge on any atom is -0.389 e. The normalized spacial score (nSPS) is 12.3. The number of hydrogen-bond donors (Lipinski definition) is 2. The molecule has 3 heteroatoms. The second-order valence-electron chi connectivity index (χ2n) is 7.16. The number of hydrogen-bond acceptors (Lipinski definition) is 2. The Morgan fingerprint density at radius 2 is 1.79 bits per heavy atom. The van der Waals surface area contributed by atoms with Gasteiger partial charge in [-0.15, -0.1) is 0 Å². The van der Waals surface area contributed by atoms with Gasteiger partial charge in [0.25, 0.3) is 0 Å².